The van der Waals surface area contributed by atoms with Gasteiger partial charge >= 0.3 is 0 Å². The maximum atomic E-state index is 12.8. The highest BCUT2D eigenvalue weighted by atomic mass is 35.5. The number of benzene rings is 2. The molecule has 1 atom stereocenters. The van der Waals surface area contributed by atoms with Crippen molar-refractivity contribution in [2.45, 2.75) is 17.9 Å². The zero-order valence-electron chi connectivity index (χ0n) is 16.3. The molecule has 1 unspecified atom stereocenters. The quantitative estimate of drug-likeness (QED) is 0.751. The highest BCUT2D eigenvalue weighted by Crippen LogP contribution is 2.23. The molecule has 0 aliphatic carbocycles. The van der Waals surface area contributed by atoms with Gasteiger partial charge in [-0.3, -0.25) is 9.69 Å². The van der Waals surface area contributed by atoms with E-state index in [1.54, 1.807) is 55.5 Å². The first-order valence-electron chi connectivity index (χ1n) is 9.26. The lowest BCUT2D eigenvalue weighted by Gasteiger charge is -2.36. The largest absolute Gasteiger partial charge is 0.497 e. The van der Waals surface area contributed by atoms with Gasteiger partial charge in [0, 0.05) is 26.2 Å². The summed E-state index contributed by atoms with van der Waals surface area (Å²) < 4.78 is 32.2. The Labute approximate surface area is 176 Å². The van der Waals surface area contributed by atoms with E-state index in [0.29, 0.717) is 42.6 Å². The number of carbonyl (C=O) groups excluding carboxylic acids is 1. The van der Waals surface area contributed by atoms with Crippen molar-refractivity contribution in [2.75, 3.05) is 38.6 Å². The second-order valence-corrected chi connectivity index (χ2v) is 9.11. The number of piperazine rings is 1. The molecule has 29 heavy (non-hydrogen) atoms. The van der Waals surface area contributed by atoms with Gasteiger partial charge in [-0.1, -0.05) is 23.7 Å². The zero-order valence-corrected chi connectivity index (χ0v) is 17.9. The maximum absolute atomic E-state index is 12.8. The van der Waals surface area contributed by atoms with E-state index in [-0.39, 0.29) is 10.8 Å². The summed E-state index contributed by atoms with van der Waals surface area (Å²) in [5, 5.41) is 3.30. The Balaban J connectivity index is 1.60. The van der Waals surface area contributed by atoms with Crippen LogP contribution in [0.15, 0.2) is 53.4 Å². The number of nitrogens with zero attached hydrogens (tertiary/aromatic N) is 2. The average molecular weight is 438 g/mol. The lowest BCUT2D eigenvalue weighted by molar-refractivity contribution is -0.121. The number of hydrogen-bond acceptors (Lipinski definition) is 5. The first-order chi connectivity index (χ1) is 13.8. The first-order valence-corrected chi connectivity index (χ1v) is 11.1. The third kappa shape index (κ3) is 4.90. The van der Waals surface area contributed by atoms with Gasteiger partial charge in [0.25, 0.3) is 0 Å². The molecule has 3 rings (SSSR count). The van der Waals surface area contributed by atoms with Crippen LogP contribution in [0.1, 0.15) is 6.92 Å². The van der Waals surface area contributed by atoms with E-state index in [9.17, 15) is 13.2 Å². The first kappa shape index (κ1) is 21.6. The number of nitrogens with one attached hydrogen (secondary N) is 1. The average Bonchev–Trinajstić information content (AvgIpc) is 2.75. The van der Waals surface area contributed by atoms with E-state index in [1.165, 1.54) is 11.4 Å². The predicted molar refractivity (Wildman–Crippen MR) is 113 cm³/mol. The molecule has 7 nitrogen and oxygen atoms in total. The topological polar surface area (TPSA) is 79.0 Å². The van der Waals surface area contributed by atoms with Crippen molar-refractivity contribution in [2.24, 2.45) is 0 Å². The fourth-order valence-corrected chi connectivity index (χ4v) is 4.80. The zero-order chi connectivity index (χ0) is 21.0. The van der Waals surface area contributed by atoms with Gasteiger partial charge in [-0.2, -0.15) is 4.31 Å². The van der Waals surface area contributed by atoms with E-state index in [2.05, 4.69) is 5.32 Å². The molecule has 0 spiro atoms. The third-order valence-electron chi connectivity index (χ3n) is 5.03. The van der Waals surface area contributed by atoms with Crippen LogP contribution in [0, 0.1) is 0 Å². The van der Waals surface area contributed by atoms with Crippen molar-refractivity contribution < 1.29 is 17.9 Å². The van der Waals surface area contributed by atoms with Gasteiger partial charge in [-0.15, -0.1) is 0 Å². The van der Waals surface area contributed by atoms with E-state index in [1.807, 2.05) is 4.90 Å². The van der Waals surface area contributed by atoms with E-state index < -0.39 is 16.1 Å². The highest BCUT2D eigenvalue weighted by molar-refractivity contribution is 7.89. The van der Waals surface area contributed by atoms with Crippen molar-refractivity contribution in [3.05, 3.63) is 53.6 Å². The number of carbonyl (C=O) groups is 1. The van der Waals surface area contributed by atoms with Crippen LogP contribution in [0.4, 0.5) is 5.69 Å². The van der Waals surface area contributed by atoms with Gasteiger partial charge in [-0.05, 0) is 43.3 Å². The molecule has 0 radical (unpaired) electrons. The van der Waals surface area contributed by atoms with Gasteiger partial charge in [0.1, 0.15) is 5.75 Å². The third-order valence-corrected chi connectivity index (χ3v) is 7.27. The second-order valence-electron chi connectivity index (χ2n) is 6.76. The molecule has 0 saturated carbocycles. The standard InChI is InChI=1S/C20H24ClN3O4S/c1-15(20(25)22-19-6-4-3-5-18(19)21)23-11-13-24(14-12-23)29(26,27)17-9-7-16(28-2)8-10-17/h3-10,15H,11-14H2,1-2H3,(H,22,25). The van der Waals surface area contributed by atoms with Crippen LogP contribution in [0.2, 0.25) is 5.02 Å². The van der Waals surface area contributed by atoms with Crippen LogP contribution in [-0.4, -0.2) is 62.9 Å². The molecule has 0 aromatic heterocycles. The number of halogens is 1. The van der Waals surface area contributed by atoms with Crippen molar-refractivity contribution in [1.82, 2.24) is 9.21 Å². The van der Waals surface area contributed by atoms with Crippen LogP contribution >= 0.6 is 11.6 Å². The summed E-state index contributed by atoms with van der Waals surface area (Å²) >= 11 is 6.10. The van der Waals surface area contributed by atoms with Crippen molar-refractivity contribution in [3.63, 3.8) is 0 Å². The number of anilines is 1. The van der Waals surface area contributed by atoms with Crippen molar-refractivity contribution in [1.29, 1.82) is 0 Å². The Kier molecular flexibility index (Phi) is 6.79. The molecule has 156 valence electrons. The number of sulfonamides is 1. The van der Waals surface area contributed by atoms with Crippen LogP contribution in [0.3, 0.4) is 0 Å². The summed E-state index contributed by atoms with van der Waals surface area (Å²) in [5.74, 6) is 0.427. The Morgan fingerprint density at radius 3 is 2.28 bits per heavy atom. The Morgan fingerprint density at radius 1 is 1.07 bits per heavy atom. The molecule has 1 saturated heterocycles. The van der Waals surface area contributed by atoms with Crippen LogP contribution in [0.5, 0.6) is 5.75 Å². The van der Waals surface area contributed by atoms with Crippen molar-refractivity contribution in [3.8, 4) is 5.75 Å². The molecule has 9 heteroatoms. The van der Waals surface area contributed by atoms with E-state index in [0.717, 1.165) is 0 Å². The molecule has 1 amide bonds. The van der Waals surface area contributed by atoms with Gasteiger partial charge < -0.3 is 10.1 Å². The highest BCUT2D eigenvalue weighted by Gasteiger charge is 2.32. The molecular formula is C20H24ClN3O4S. The number of hydrogen-bond donors (Lipinski definition) is 1. The predicted octanol–water partition coefficient (Wildman–Crippen LogP) is 2.68. The van der Waals surface area contributed by atoms with Gasteiger partial charge in [0.15, 0.2) is 0 Å². The van der Waals surface area contributed by atoms with Gasteiger partial charge in [0.2, 0.25) is 15.9 Å². The monoisotopic (exact) mass is 437 g/mol. The van der Waals surface area contributed by atoms with Gasteiger partial charge in [-0.25, -0.2) is 8.42 Å². The fourth-order valence-electron chi connectivity index (χ4n) is 3.19. The summed E-state index contributed by atoms with van der Waals surface area (Å²) in [6.45, 7) is 3.37. The number of amides is 1. The number of methoxy groups -OCH3 is 1. The van der Waals surface area contributed by atoms with Crippen LogP contribution in [-0.2, 0) is 14.8 Å². The molecular weight excluding hydrogens is 414 g/mol. The molecule has 1 N–H and O–H groups in total. The molecule has 1 aliphatic heterocycles. The molecule has 2 aromatic rings. The summed E-state index contributed by atoms with van der Waals surface area (Å²) in [7, 11) is -2.04. The summed E-state index contributed by atoms with van der Waals surface area (Å²) in [6.07, 6.45) is 0. The molecule has 1 fully saturated rings. The minimum atomic E-state index is -3.58. The number of para-hydroxylation sites is 1. The minimum absolute atomic E-state index is 0.176. The Bertz CT molecular complexity index is 958. The summed E-state index contributed by atoms with van der Waals surface area (Å²) in [5.41, 5.74) is 0.562. The molecule has 1 heterocycles. The smallest absolute Gasteiger partial charge is 0.243 e. The molecule has 2 aromatic carbocycles. The fraction of sp³-hybridized carbons (Fsp3) is 0.350. The van der Waals surface area contributed by atoms with E-state index in [4.69, 9.17) is 16.3 Å². The maximum Gasteiger partial charge on any atom is 0.243 e. The van der Waals surface area contributed by atoms with Crippen LogP contribution in [0.25, 0.3) is 0 Å². The summed E-state index contributed by atoms with van der Waals surface area (Å²) in [4.78, 5) is 14.8. The molecule has 0 bridgehead atoms. The minimum Gasteiger partial charge on any atom is -0.497 e. The van der Waals surface area contributed by atoms with Gasteiger partial charge in [0.05, 0.1) is 28.8 Å². The number of ether oxygens (including phenoxy) is 1. The summed E-state index contributed by atoms with van der Waals surface area (Å²) in [6, 6.07) is 13.0. The SMILES string of the molecule is COc1ccc(S(=O)(=O)N2CCN(C(C)C(=O)Nc3ccccc3Cl)CC2)cc1. The second kappa shape index (κ2) is 9.13. The Morgan fingerprint density at radius 2 is 1.69 bits per heavy atom. The lowest BCUT2D eigenvalue weighted by Crippen LogP contribution is -2.53. The molecule has 1 aliphatic rings. The van der Waals surface area contributed by atoms with Crippen molar-refractivity contribution >= 4 is 33.2 Å². The van der Waals surface area contributed by atoms with E-state index >= 15 is 0 Å². The Hall–Kier alpha value is -2.13. The number of rotatable bonds is 6. The van der Waals surface area contributed by atoms with Crippen LogP contribution < -0.4 is 10.1 Å². The normalized spacial score (nSPS) is 16.9. The lowest BCUT2D eigenvalue weighted by atomic mass is 10.2.